The molecule has 0 spiro atoms. The van der Waals surface area contributed by atoms with Gasteiger partial charge in [0.2, 0.25) is 0 Å². The average Bonchev–Trinajstić information content (AvgIpc) is 2.70. The Morgan fingerprint density at radius 1 is 1.38 bits per heavy atom. The standard InChI is InChI=1S/C12H11NO2S/c14-12(13-9-6-16-7-9)10-3-1-2-8-4-5-15-11(8)10/h1-5,9H,6-7H2,(H,13,14). The monoisotopic (exact) mass is 233 g/mol. The number of carbonyl (C=O) groups excluding carboxylic acids is 1. The maximum atomic E-state index is 12.0. The van der Waals surface area contributed by atoms with Gasteiger partial charge in [-0.3, -0.25) is 4.79 Å². The average molecular weight is 233 g/mol. The number of amides is 1. The van der Waals surface area contributed by atoms with E-state index in [0.717, 1.165) is 16.9 Å². The third-order valence-corrected chi connectivity index (χ3v) is 3.97. The number of hydrogen-bond donors (Lipinski definition) is 1. The van der Waals surface area contributed by atoms with Crippen LogP contribution < -0.4 is 5.32 Å². The molecule has 1 aliphatic rings. The molecule has 82 valence electrons. The van der Waals surface area contributed by atoms with Crippen molar-refractivity contribution in [2.45, 2.75) is 6.04 Å². The summed E-state index contributed by atoms with van der Waals surface area (Å²) in [5.41, 5.74) is 1.30. The summed E-state index contributed by atoms with van der Waals surface area (Å²) in [6, 6.07) is 7.80. The molecule has 0 aliphatic carbocycles. The number of benzene rings is 1. The first-order valence-corrected chi connectivity index (χ1v) is 6.35. The Labute approximate surface area is 97.2 Å². The Hall–Kier alpha value is -1.42. The first kappa shape index (κ1) is 9.78. The van der Waals surface area contributed by atoms with Gasteiger partial charge in [-0.1, -0.05) is 12.1 Å². The van der Waals surface area contributed by atoms with Crippen LogP contribution in [-0.4, -0.2) is 23.5 Å². The van der Waals surface area contributed by atoms with E-state index >= 15 is 0 Å². The third-order valence-electron chi connectivity index (χ3n) is 2.70. The molecule has 16 heavy (non-hydrogen) atoms. The van der Waals surface area contributed by atoms with E-state index in [4.69, 9.17) is 4.42 Å². The lowest BCUT2D eigenvalue weighted by atomic mass is 10.1. The summed E-state index contributed by atoms with van der Waals surface area (Å²) in [7, 11) is 0. The molecule has 1 aromatic heterocycles. The van der Waals surface area contributed by atoms with E-state index < -0.39 is 0 Å². The van der Waals surface area contributed by atoms with Gasteiger partial charge in [0.05, 0.1) is 11.8 Å². The summed E-state index contributed by atoms with van der Waals surface area (Å²) >= 11 is 1.85. The highest BCUT2D eigenvalue weighted by molar-refractivity contribution is 8.00. The minimum atomic E-state index is -0.0362. The van der Waals surface area contributed by atoms with Crippen molar-refractivity contribution in [1.82, 2.24) is 5.32 Å². The van der Waals surface area contributed by atoms with Gasteiger partial charge in [-0.25, -0.2) is 0 Å². The molecule has 2 heterocycles. The molecule has 1 aliphatic heterocycles. The first-order valence-electron chi connectivity index (χ1n) is 5.19. The summed E-state index contributed by atoms with van der Waals surface area (Å²) in [5, 5.41) is 3.96. The molecule has 0 saturated carbocycles. The van der Waals surface area contributed by atoms with Crippen LogP contribution in [0.2, 0.25) is 0 Å². The minimum Gasteiger partial charge on any atom is -0.464 e. The molecule has 3 nitrogen and oxygen atoms in total. The molecule has 1 N–H and O–H groups in total. The fraction of sp³-hybridized carbons (Fsp3) is 0.250. The van der Waals surface area contributed by atoms with Crippen molar-refractivity contribution >= 4 is 28.6 Å². The van der Waals surface area contributed by atoms with Crippen molar-refractivity contribution in [3.05, 3.63) is 36.1 Å². The number of hydrogen-bond acceptors (Lipinski definition) is 3. The molecular formula is C12H11NO2S. The van der Waals surface area contributed by atoms with Crippen LogP contribution in [0, 0.1) is 0 Å². The second-order valence-corrected chi connectivity index (χ2v) is 4.93. The third kappa shape index (κ3) is 1.59. The normalized spacial score (nSPS) is 16.0. The Balaban J connectivity index is 1.91. The largest absolute Gasteiger partial charge is 0.464 e. The molecular weight excluding hydrogens is 222 g/mol. The number of thioether (sulfide) groups is 1. The maximum absolute atomic E-state index is 12.0. The van der Waals surface area contributed by atoms with Crippen molar-refractivity contribution in [2.75, 3.05) is 11.5 Å². The summed E-state index contributed by atoms with van der Waals surface area (Å²) in [5.74, 6) is 1.99. The summed E-state index contributed by atoms with van der Waals surface area (Å²) < 4.78 is 5.34. The van der Waals surface area contributed by atoms with Gasteiger partial charge in [0, 0.05) is 22.9 Å². The van der Waals surface area contributed by atoms with Crippen molar-refractivity contribution < 1.29 is 9.21 Å². The molecule has 4 heteroatoms. The molecule has 1 fully saturated rings. The molecule has 2 aromatic rings. The number of nitrogens with one attached hydrogen (secondary N) is 1. The Morgan fingerprint density at radius 2 is 2.25 bits per heavy atom. The zero-order chi connectivity index (χ0) is 11.0. The highest BCUT2D eigenvalue weighted by Crippen LogP contribution is 2.21. The molecule has 0 radical (unpaired) electrons. The molecule has 0 unspecified atom stereocenters. The number of rotatable bonds is 2. The van der Waals surface area contributed by atoms with E-state index in [0.29, 0.717) is 17.2 Å². The lowest BCUT2D eigenvalue weighted by molar-refractivity contribution is 0.0943. The predicted octanol–water partition coefficient (Wildman–Crippen LogP) is 2.28. The van der Waals surface area contributed by atoms with Crippen LogP contribution in [0.25, 0.3) is 11.0 Å². The second kappa shape index (κ2) is 3.87. The van der Waals surface area contributed by atoms with Crippen molar-refractivity contribution in [3.63, 3.8) is 0 Å². The zero-order valence-corrected chi connectivity index (χ0v) is 9.42. The van der Waals surface area contributed by atoms with Crippen LogP contribution in [0.15, 0.2) is 34.9 Å². The van der Waals surface area contributed by atoms with Crippen LogP contribution >= 0.6 is 11.8 Å². The topological polar surface area (TPSA) is 42.2 Å². The highest BCUT2D eigenvalue weighted by Gasteiger charge is 2.22. The van der Waals surface area contributed by atoms with Gasteiger partial charge in [-0.2, -0.15) is 11.8 Å². The number of para-hydroxylation sites is 1. The molecule has 1 saturated heterocycles. The highest BCUT2D eigenvalue weighted by atomic mass is 32.2. The maximum Gasteiger partial charge on any atom is 0.255 e. The van der Waals surface area contributed by atoms with E-state index in [9.17, 15) is 4.79 Å². The van der Waals surface area contributed by atoms with Crippen LogP contribution in [0.4, 0.5) is 0 Å². The Morgan fingerprint density at radius 3 is 3.00 bits per heavy atom. The van der Waals surface area contributed by atoms with E-state index in [1.807, 2.05) is 30.0 Å². The summed E-state index contributed by atoms with van der Waals surface area (Å²) in [4.78, 5) is 12.0. The number of furan rings is 1. The molecule has 1 aromatic carbocycles. The summed E-state index contributed by atoms with van der Waals surface area (Å²) in [6.45, 7) is 0. The van der Waals surface area contributed by atoms with Gasteiger partial charge < -0.3 is 9.73 Å². The van der Waals surface area contributed by atoms with Crippen LogP contribution in [0.1, 0.15) is 10.4 Å². The van der Waals surface area contributed by atoms with Crippen molar-refractivity contribution in [3.8, 4) is 0 Å². The Bertz CT molecular complexity index is 531. The van der Waals surface area contributed by atoms with Crippen LogP contribution in [0.3, 0.4) is 0 Å². The minimum absolute atomic E-state index is 0.0362. The lowest BCUT2D eigenvalue weighted by Crippen LogP contribution is -2.43. The predicted molar refractivity (Wildman–Crippen MR) is 64.8 cm³/mol. The number of fused-ring (bicyclic) bond motifs is 1. The smallest absolute Gasteiger partial charge is 0.255 e. The second-order valence-electron chi connectivity index (χ2n) is 3.85. The molecule has 3 rings (SSSR count). The van der Waals surface area contributed by atoms with Gasteiger partial charge in [0.15, 0.2) is 0 Å². The fourth-order valence-corrected chi connectivity index (χ4v) is 2.39. The molecule has 1 amide bonds. The van der Waals surface area contributed by atoms with Crippen LogP contribution in [0.5, 0.6) is 0 Å². The molecule has 0 bridgehead atoms. The van der Waals surface area contributed by atoms with Gasteiger partial charge in [-0.15, -0.1) is 0 Å². The van der Waals surface area contributed by atoms with Crippen LogP contribution in [-0.2, 0) is 0 Å². The van der Waals surface area contributed by atoms with Gasteiger partial charge in [0.1, 0.15) is 5.58 Å². The van der Waals surface area contributed by atoms with Gasteiger partial charge >= 0.3 is 0 Å². The quantitative estimate of drug-likeness (QED) is 0.865. The molecule has 0 atom stereocenters. The van der Waals surface area contributed by atoms with E-state index in [1.165, 1.54) is 0 Å². The SMILES string of the molecule is O=C(NC1CSC1)c1cccc2ccoc12. The summed E-state index contributed by atoms with van der Waals surface area (Å²) in [6.07, 6.45) is 1.61. The first-order chi connectivity index (χ1) is 7.84. The zero-order valence-electron chi connectivity index (χ0n) is 8.60. The van der Waals surface area contributed by atoms with E-state index in [2.05, 4.69) is 5.32 Å². The fourth-order valence-electron chi connectivity index (χ4n) is 1.75. The van der Waals surface area contributed by atoms with Gasteiger partial charge in [0.25, 0.3) is 5.91 Å². The van der Waals surface area contributed by atoms with E-state index in [1.54, 1.807) is 12.3 Å². The lowest BCUT2D eigenvalue weighted by Gasteiger charge is -2.25. The number of carbonyl (C=O) groups is 1. The van der Waals surface area contributed by atoms with Crippen molar-refractivity contribution in [2.24, 2.45) is 0 Å². The van der Waals surface area contributed by atoms with E-state index in [-0.39, 0.29) is 5.91 Å². The Kier molecular flexibility index (Phi) is 2.36. The van der Waals surface area contributed by atoms with Crippen molar-refractivity contribution in [1.29, 1.82) is 0 Å². The van der Waals surface area contributed by atoms with Gasteiger partial charge in [-0.05, 0) is 12.1 Å².